The topological polar surface area (TPSA) is 69.7 Å². The van der Waals surface area contributed by atoms with Gasteiger partial charge in [-0.05, 0) is 0 Å². The molecule has 1 heterocycles. The van der Waals surface area contributed by atoms with E-state index in [-0.39, 0.29) is 12.4 Å². The van der Waals surface area contributed by atoms with Crippen LogP contribution in [0.15, 0.2) is 12.0 Å². The van der Waals surface area contributed by atoms with Crippen LogP contribution in [0.2, 0.25) is 0 Å². The highest BCUT2D eigenvalue weighted by Crippen LogP contribution is 2.12. The van der Waals surface area contributed by atoms with E-state index in [0.29, 0.717) is 6.29 Å². The molecule has 0 spiro atoms. The van der Waals surface area contributed by atoms with Crippen molar-refractivity contribution in [3.63, 3.8) is 0 Å². The fourth-order valence-corrected chi connectivity index (χ4v) is 1.79. The Balaban J connectivity index is 2.49. The first-order valence-electron chi connectivity index (χ1n) is 3.65. The Morgan fingerprint density at radius 2 is 2.23 bits per heavy atom. The Kier molecular flexibility index (Phi) is 3.18. The number of rotatable bonds is 4. The number of ether oxygens (including phenoxy) is 2. The Hall–Kier alpha value is -0.720. The van der Waals surface area contributed by atoms with Crippen LogP contribution in [0.3, 0.4) is 0 Å². The molecule has 2 unspecified atom stereocenters. The molecule has 0 amide bonds. The molecule has 2 atom stereocenters. The van der Waals surface area contributed by atoms with E-state index < -0.39 is 22.2 Å². The molecule has 5 nitrogen and oxygen atoms in total. The van der Waals surface area contributed by atoms with Crippen molar-refractivity contribution in [1.82, 2.24) is 0 Å². The van der Waals surface area contributed by atoms with Gasteiger partial charge in [-0.25, -0.2) is 8.42 Å². The Morgan fingerprint density at radius 3 is 2.69 bits per heavy atom. The zero-order chi connectivity index (χ0) is 9.90. The van der Waals surface area contributed by atoms with Crippen LogP contribution in [0.25, 0.3) is 0 Å². The summed E-state index contributed by atoms with van der Waals surface area (Å²) in [6.07, 6.45) is -1.01. The number of hydrogen-bond donors (Lipinski definition) is 0. The lowest BCUT2D eigenvalue weighted by Crippen LogP contribution is -2.22. The molecular formula is C7H10O5S. The zero-order valence-corrected chi connectivity index (χ0v) is 7.70. The molecule has 0 N–H and O–H groups in total. The van der Waals surface area contributed by atoms with Crippen LogP contribution >= 0.6 is 0 Å². The van der Waals surface area contributed by atoms with Crippen molar-refractivity contribution >= 4 is 16.1 Å². The number of aldehydes is 1. The smallest absolute Gasteiger partial charge is 0.215 e. The van der Waals surface area contributed by atoms with Gasteiger partial charge in [-0.15, -0.1) is 0 Å². The van der Waals surface area contributed by atoms with Gasteiger partial charge in [0.2, 0.25) is 6.29 Å². The van der Waals surface area contributed by atoms with E-state index in [4.69, 9.17) is 9.47 Å². The summed E-state index contributed by atoms with van der Waals surface area (Å²) in [4.78, 5) is 10.2. The first-order valence-corrected chi connectivity index (χ1v) is 5.36. The summed E-state index contributed by atoms with van der Waals surface area (Å²) in [5.41, 5.74) is 0. The quantitative estimate of drug-likeness (QED) is 0.579. The van der Waals surface area contributed by atoms with Crippen LogP contribution in [0, 0.1) is 0 Å². The number of sulfone groups is 1. The zero-order valence-electron chi connectivity index (χ0n) is 6.88. The maximum Gasteiger partial charge on any atom is 0.215 e. The lowest BCUT2D eigenvalue weighted by molar-refractivity contribution is -0.132. The number of carbonyl (C=O) groups excluding carboxylic acids is 1. The van der Waals surface area contributed by atoms with Crippen LogP contribution < -0.4 is 0 Å². The average Bonchev–Trinajstić information content (AvgIpc) is 2.52. The third-order valence-electron chi connectivity index (χ3n) is 1.56. The molecule has 1 rings (SSSR count). The molecule has 0 radical (unpaired) electrons. The second kappa shape index (κ2) is 3.99. The third-order valence-corrected chi connectivity index (χ3v) is 2.90. The fraction of sp³-hybridized carbons (Fsp3) is 0.571. The van der Waals surface area contributed by atoms with Crippen molar-refractivity contribution in [2.75, 3.05) is 12.4 Å². The fourth-order valence-electron chi connectivity index (χ4n) is 0.956. The van der Waals surface area contributed by atoms with Gasteiger partial charge in [-0.2, -0.15) is 0 Å². The summed E-state index contributed by atoms with van der Waals surface area (Å²) < 4.78 is 31.8. The van der Waals surface area contributed by atoms with Gasteiger partial charge in [0.15, 0.2) is 16.1 Å². The van der Waals surface area contributed by atoms with E-state index >= 15 is 0 Å². The molecule has 1 saturated heterocycles. The van der Waals surface area contributed by atoms with Gasteiger partial charge in [0.05, 0.1) is 18.5 Å². The van der Waals surface area contributed by atoms with Gasteiger partial charge in [0.1, 0.15) is 0 Å². The van der Waals surface area contributed by atoms with Crippen LogP contribution in [0.1, 0.15) is 0 Å². The van der Waals surface area contributed by atoms with Crippen LogP contribution in [0.4, 0.5) is 0 Å². The lowest BCUT2D eigenvalue weighted by atomic mass is 10.4. The monoisotopic (exact) mass is 206 g/mol. The minimum Gasteiger partial charge on any atom is -0.343 e. The molecule has 0 saturated carbocycles. The van der Waals surface area contributed by atoms with Gasteiger partial charge in [-0.3, -0.25) is 4.79 Å². The van der Waals surface area contributed by atoms with Crippen molar-refractivity contribution in [3.8, 4) is 0 Å². The maximum absolute atomic E-state index is 11.0. The van der Waals surface area contributed by atoms with E-state index in [2.05, 4.69) is 6.58 Å². The summed E-state index contributed by atoms with van der Waals surface area (Å²) in [5.74, 6) is -0.194. The molecular weight excluding hydrogens is 196 g/mol. The molecule has 1 fully saturated rings. The summed E-state index contributed by atoms with van der Waals surface area (Å²) >= 11 is 0. The molecule has 13 heavy (non-hydrogen) atoms. The molecule has 0 aromatic rings. The predicted octanol–water partition coefficient (Wildman–Crippen LogP) is -0.515. The van der Waals surface area contributed by atoms with Crippen LogP contribution in [0.5, 0.6) is 0 Å². The molecule has 6 heteroatoms. The predicted molar refractivity (Wildman–Crippen MR) is 44.7 cm³/mol. The molecule has 74 valence electrons. The van der Waals surface area contributed by atoms with Gasteiger partial charge in [0.25, 0.3) is 0 Å². The molecule has 0 aromatic heterocycles. The number of carbonyl (C=O) groups is 1. The van der Waals surface area contributed by atoms with E-state index in [1.54, 1.807) is 0 Å². The Morgan fingerprint density at radius 1 is 1.54 bits per heavy atom. The molecule has 0 bridgehead atoms. The largest absolute Gasteiger partial charge is 0.343 e. The second-order valence-corrected chi connectivity index (χ2v) is 4.58. The Bertz CT molecular complexity index is 294. The third kappa shape index (κ3) is 2.91. The minimum atomic E-state index is -3.29. The summed E-state index contributed by atoms with van der Waals surface area (Å²) in [6, 6.07) is 0. The van der Waals surface area contributed by atoms with E-state index in [1.807, 2.05) is 0 Å². The molecule has 1 aliphatic heterocycles. The highest BCUT2D eigenvalue weighted by Gasteiger charge is 2.28. The summed E-state index contributed by atoms with van der Waals surface area (Å²) in [6.45, 7) is 3.28. The van der Waals surface area contributed by atoms with Crippen molar-refractivity contribution in [1.29, 1.82) is 0 Å². The van der Waals surface area contributed by atoms with E-state index in [9.17, 15) is 13.2 Å². The van der Waals surface area contributed by atoms with Crippen LogP contribution in [-0.2, 0) is 24.1 Å². The molecule has 0 aliphatic carbocycles. The summed E-state index contributed by atoms with van der Waals surface area (Å²) in [7, 11) is -3.29. The first-order chi connectivity index (χ1) is 6.07. The van der Waals surface area contributed by atoms with Crippen molar-refractivity contribution < 1.29 is 22.7 Å². The normalized spacial score (nSPS) is 28.6. The van der Waals surface area contributed by atoms with Gasteiger partial charge in [-0.1, -0.05) is 6.58 Å². The standard InChI is InChI=1S/C7H10O5S/c1-2-13(9,10)5-6-4-11-7(3-8)12-6/h2-3,6-7H,1,4-5H2. The molecule has 0 aromatic carbocycles. The SMILES string of the molecule is C=CS(=O)(=O)CC1COC(C=O)O1. The average molecular weight is 206 g/mol. The van der Waals surface area contributed by atoms with Crippen molar-refractivity contribution in [3.05, 3.63) is 12.0 Å². The second-order valence-electron chi connectivity index (χ2n) is 2.59. The minimum absolute atomic E-state index is 0.122. The van der Waals surface area contributed by atoms with Crippen LogP contribution in [-0.4, -0.2) is 39.5 Å². The first kappa shape index (κ1) is 10.4. The Labute approximate surface area is 76.2 Å². The summed E-state index contributed by atoms with van der Waals surface area (Å²) in [5, 5.41) is 0.866. The highest BCUT2D eigenvalue weighted by atomic mass is 32.2. The van der Waals surface area contributed by atoms with Crippen molar-refractivity contribution in [2.45, 2.75) is 12.4 Å². The van der Waals surface area contributed by atoms with E-state index in [1.165, 1.54) is 0 Å². The van der Waals surface area contributed by atoms with Gasteiger partial charge < -0.3 is 9.47 Å². The van der Waals surface area contributed by atoms with Gasteiger partial charge in [0, 0.05) is 5.41 Å². The van der Waals surface area contributed by atoms with Crippen molar-refractivity contribution in [2.24, 2.45) is 0 Å². The van der Waals surface area contributed by atoms with Gasteiger partial charge >= 0.3 is 0 Å². The highest BCUT2D eigenvalue weighted by molar-refractivity contribution is 7.94. The maximum atomic E-state index is 11.0. The number of hydrogen-bond acceptors (Lipinski definition) is 5. The molecule has 1 aliphatic rings. The van der Waals surface area contributed by atoms with E-state index in [0.717, 1.165) is 5.41 Å². The lowest BCUT2D eigenvalue weighted by Gasteiger charge is -2.05.